The molecule has 0 bridgehead atoms. The number of nitrogens with zero attached hydrogens (tertiary/aromatic N) is 4. The zero-order valence-corrected chi connectivity index (χ0v) is 18.1. The lowest BCUT2D eigenvalue weighted by Crippen LogP contribution is -2.22. The average Bonchev–Trinajstić information content (AvgIpc) is 3.23. The number of nitriles is 1. The van der Waals surface area contributed by atoms with Crippen LogP contribution in [0.25, 0.3) is 11.0 Å². The summed E-state index contributed by atoms with van der Waals surface area (Å²) in [7, 11) is -1.14. The van der Waals surface area contributed by atoms with Gasteiger partial charge >= 0.3 is 0 Å². The molecule has 27 heavy (non-hydrogen) atoms. The van der Waals surface area contributed by atoms with Crippen molar-refractivity contribution < 1.29 is 4.74 Å². The highest BCUT2D eigenvalue weighted by Crippen LogP contribution is 2.30. The van der Waals surface area contributed by atoms with Gasteiger partial charge in [0.05, 0.1) is 10.9 Å². The minimum atomic E-state index is -1.14. The maximum atomic E-state index is 9.59. The van der Waals surface area contributed by atoms with E-state index in [2.05, 4.69) is 41.0 Å². The molecule has 1 fully saturated rings. The van der Waals surface area contributed by atoms with Gasteiger partial charge in [-0.05, 0) is 36.4 Å². The van der Waals surface area contributed by atoms with Crippen molar-refractivity contribution in [2.45, 2.75) is 58.1 Å². The van der Waals surface area contributed by atoms with E-state index in [0.29, 0.717) is 36.3 Å². The first kappa shape index (κ1) is 20.1. The summed E-state index contributed by atoms with van der Waals surface area (Å²) in [5.41, 5.74) is 1.19. The predicted molar refractivity (Wildman–Crippen MR) is 112 cm³/mol. The molecule has 0 spiro atoms. The van der Waals surface area contributed by atoms with Gasteiger partial charge in [0.15, 0.2) is 0 Å². The van der Waals surface area contributed by atoms with Gasteiger partial charge in [0, 0.05) is 27.4 Å². The predicted octanol–water partition coefficient (Wildman–Crippen LogP) is 4.87. The van der Waals surface area contributed by atoms with E-state index in [1.165, 1.54) is 25.7 Å². The summed E-state index contributed by atoms with van der Waals surface area (Å²) in [5, 5.41) is 13.9. The summed E-state index contributed by atoms with van der Waals surface area (Å²) in [5.74, 6) is 1.31. The topological polar surface area (TPSA) is 75.8 Å². The van der Waals surface area contributed by atoms with Crippen LogP contribution in [0, 0.1) is 17.2 Å². The van der Waals surface area contributed by atoms with Crippen LogP contribution in [0.1, 0.15) is 31.2 Å². The normalized spacial score (nSPS) is 15.4. The van der Waals surface area contributed by atoms with Crippen LogP contribution in [0.2, 0.25) is 31.0 Å². The second kappa shape index (κ2) is 8.59. The van der Waals surface area contributed by atoms with E-state index in [9.17, 15) is 5.26 Å². The van der Waals surface area contributed by atoms with Crippen molar-refractivity contribution in [3.63, 3.8) is 0 Å². The molecule has 8 heteroatoms. The van der Waals surface area contributed by atoms with Crippen molar-refractivity contribution in [2.24, 2.45) is 5.92 Å². The van der Waals surface area contributed by atoms with Gasteiger partial charge in [-0.2, -0.15) is 10.2 Å². The Kier molecular flexibility index (Phi) is 6.40. The van der Waals surface area contributed by atoms with Gasteiger partial charge in [-0.15, -0.1) is 0 Å². The van der Waals surface area contributed by atoms with Gasteiger partial charge < -0.3 is 14.6 Å². The van der Waals surface area contributed by atoms with Crippen molar-refractivity contribution in [3.05, 3.63) is 17.0 Å². The van der Waals surface area contributed by atoms with Gasteiger partial charge in [0.25, 0.3) is 0 Å². The largest absolute Gasteiger partial charge is 0.369 e. The zero-order valence-electron chi connectivity index (χ0n) is 16.4. The van der Waals surface area contributed by atoms with Crippen LogP contribution in [0.3, 0.4) is 0 Å². The van der Waals surface area contributed by atoms with E-state index < -0.39 is 8.07 Å². The highest BCUT2D eigenvalue weighted by Gasteiger charge is 2.20. The van der Waals surface area contributed by atoms with E-state index in [4.69, 9.17) is 16.3 Å². The fourth-order valence-electron chi connectivity index (χ4n) is 3.47. The lowest BCUT2D eigenvalue weighted by molar-refractivity contribution is 0.0898. The Bertz CT molecular complexity index is 833. The van der Waals surface area contributed by atoms with Crippen molar-refractivity contribution in [1.29, 1.82) is 5.26 Å². The van der Waals surface area contributed by atoms with Gasteiger partial charge in [-0.3, -0.25) is 0 Å². The minimum Gasteiger partial charge on any atom is -0.369 e. The third-order valence-electron chi connectivity index (χ3n) is 5.07. The fourth-order valence-corrected chi connectivity index (χ4v) is 4.39. The smallest absolute Gasteiger partial charge is 0.226 e. The molecule has 2 heterocycles. The number of hydrogen-bond acceptors (Lipinski definition) is 5. The number of nitrogens with one attached hydrogen (secondary N) is 1. The van der Waals surface area contributed by atoms with Crippen LogP contribution in [0.15, 0.2) is 6.20 Å². The Balaban J connectivity index is 1.80. The highest BCUT2D eigenvalue weighted by atomic mass is 35.5. The van der Waals surface area contributed by atoms with Crippen LogP contribution < -0.4 is 5.32 Å². The fraction of sp³-hybridized carbons (Fsp3) is 0.632. The van der Waals surface area contributed by atoms with Gasteiger partial charge in [-0.1, -0.05) is 32.5 Å². The maximum absolute atomic E-state index is 9.59. The van der Waals surface area contributed by atoms with E-state index >= 15 is 0 Å². The minimum absolute atomic E-state index is 0.183. The van der Waals surface area contributed by atoms with Crippen molar-refractivity contribution in [1.82, 2.24) is 14.5 Å². The number of hydrogen-bond donors (Lipinski definition) is 1. The van der Waals surface area contributed by atoms with Crippen LogP contribution >= 0.6 is 11.6 Å². The van der Waals surface area contributed by atoms with E-state index in [0.717, 1.165) is 18.0 Å². The summed E-state index contributed by atoms with van der Waals surface area (Å²) >= 11 is 6.17. The SMILES string of the molecule is C[Si](C)(C)CCOCn1cc(C#N)c2c(NCC3CCCC3)nc(Cl)nc21. The molecule has 0 aliphatic heterocycles. The average molecular weight is 406 g/mol. The molecule has 0 amide bonds. The molecule has 1 N–H and O–H groups in total. The maximum Gasteiger partial charge on any atom is 0.226 e. The first-order chi connectivity index (χ1) is 12.9. The molecule has 0 unspecified atom stereocenters. The number of ether oxygens (including phenoxy) is 1. The van der Waals surface area contributed by atoms with Crippen LogP contribution in [0.5, 0.6) is 0 Å². The van der Waals surface area contributed by atoms with Crippen LogP contribution in [0.4, 0.5) is 5.82 Å². The first-order valence-electron chi connectivity index (χ1n) is 9.65. The molecule has 146 valence electrons. The number of halogens is 1. The summed E-state index contributed by atoms with van der Waals surface area (Å²) < 4.78 is 7.70. The molecule has 3 rings (SSSR count). The highest BCUT2D eigenvalue weighted by molar-refractivity contribution is 6.76. The lowest BCUT2D eigenvalue weighted by Gasteiger charge is -2.15. The standard InChI is InChI=1S/C19H28ClN5OSi/c1-27(2,3)9-8-26-13-25-12-15(10-21)16-17(23-19(20)24-18(16)25)22-11-14-6-4-5-7-14/h12,14H,4-9,11,13H2,1-3H3,(H,22,23,24). The number of aromatic nitrogens is 3. The Morgan fingerprint density at radius 1 is 1.33 bits per heavy atom. The first-order valence-corrected chi connectivity index (χ1v) is 13.7. The van der Waals surface area contributed by atoms with Gasteiger partial charge in [0.1, 0.15) is 24.3 Å². The Hall–Kier alpha value is -1.62. The van der Waals surface area contributed by atoms with Crippen molar-refractivity contribution >= 4 is 36.5 Å². The molecule has 1 aliphatic carbocycles. The number of fused-ring (bicyclic) bond motifs is 1. The Morgan fingerprint density at radius 3 is 2.74 bits per heavy atom. The molecule has 0 aromatic carbocycles. The third kappa shape index (κ3) is 5.22. The summed E-state index contributed by atoms with van der Waals surface area (Å²) in [6.07, 6.45) is 6.85. The van der Waals surface area contributed by atoms with E-state index in [1.807, 2.05) is 4.57 Å². The second-order valence-corrected chi connectivity index (χ2v) is 14.5. The van der Waals surface area contributed by atoms with Crippen molar-refractivity contribution in [2.75, 3.05) is 18.5 Å². The van der Waals surface area contributed by atoms with Gasteiger partial charge in [-0.25, -0.2) is 4.98 Å². The van der Waals surface area contributed by atoms with Crippen LogP contribution in [-0.2, 0) is 11.5 Å². The summed E-state index contributed by atoms with van der Waals surface area (Å²) in [6, 6.07) is 3.36. The molecule has 6 nitrogen and oxygen atoms in total. The molecular weight excluding hydrogens is 378 g/mol. The zero-order chi connectivity index (χ0) is 19.4. The summed E-state index contributed by atoms with van der Waals surface area (Å²) in [4.78, 5) is 8.72. The second-order valence-electron chi connectivity index (χ2n) is 8.54. The number of anilines is 1. The molecular formula is C19H28ClN5OSi. The Morgan fingerprint density at radius 2 is 2.07 bits per heavy atom. The molecule has 2 aromatic heterocycles. The number of rotatable bonds is 8. The molecule has 1 saturated carbocycles. The van der Waals surface area contributed by atoms with E-state index in [1.54, 1.807) is 6.20 Å². The van der Waals surface area contributed by atoms with Crippen LogP contribution in [-0.4, -0.2) is 35.8 Å². The Labute approximate surface area is 166 Å². The van der Waals surface area contributed by atoms with Crippen molar-refractivity contribution in [3.8, 4) is 6.07 Å². The molecule has 0 atom stereocenters. The van der Waals surface area contributed by atoms with Gasteiger partial charge in [0.2, 0.25) is 5.28 Å². The quantitative estimate of drug-likeness (QED) is 0.385. The lowest BCUT2D eigenvalue weighted by atomic mass is 10.1. The molecule has 0 radical (unpaired) electrons. The molecule has 1 aliphatic rings. The monoisotopic (exact) mass is 405 g/mol. The van der Waals surface area contributed by atoms with E-state index in [-0.39, 0.29) is 5.28 Å². The molecule has 0 saturated heterocycles. The third-order valence-corrected chi connectivity index (χ3v) is 6.94. The molecule has 2 aromatic rings. The summed E-state index contributed by atoms with van der Waals surface area (Å²) in [6.45, 7) is 8.89.